The first kappa shape index (κ1) is 12.0. The van der Waals surface area contributed by atoms with E-state index >= 15 is 0 Å². The maximum Gasteiger partial charge on any atom is 0.252 e. The Morgan fingerprint density at radius 3 is 2.53 bits per heavy atom. The van der Waals surface area contributed by atoms with Gasteiger partial charge in [0.2, 0.25) is 11.8 Å². The van der Waals surface area contributed by atoms with Gasteiger partial charge in [-0.1, -0.05) is 6.92 Å². The Bertz CT molecular complexity index is 365. The average Bonchev–Trinajstić information content (AvgIpc) is 2.44. The fourth-order valence-electron chi connectivity index (χ4n) is 2.05. The molecule has 94 valence electrons. The van der Waals surface area contributed by atoms with E-state index in [0.717, 1.165) is 18.0 Å². The standard InChI is InChI=1S/C11H17N3O3/c1-6(7-4-12-5-7)10(16)13-8-3-9(15)14(2)11(8)17/h6-8,12H,3-5H2,1-2H3,(H,13,16). The van der Waals surface area contributed by atoms with Crippen molar-refractivity contribution in [1.82, 2.24) is 15.5 Å². The molecule has 0 aromatic carbocycles. The summed E-state index contributed by atoms with van der Waals surface area (Å²) in [5.74, 6) is -0.483. The van der Waals surface area contributed by atoms with Crippen LogP contribution in [0.1, 0.15) is 13.3 Å². The van der Waals surface area contributed by atoms with Crippen LogP contribution in [0.2, 0.25) is 0 Å². The van der Waals surface area contributed by atoms with Crippen LogP contribution in [-0.4, -0.2) is 48.8 Å². The van der Waals surface area contributed by atoms with Gasteiger partial charge in [-0.05, 0) is 19.0 Å². The number of amides is 3. The first-order valence-electron chi connectivity index (χ1n) is 5.82. The molecular formula is C11H17N3O3. The minimum atomic E-state index is -0.671. The molecule has 2 atom stereocenters. The summed E-state index contributed by atoms with van der Waals surface area (Å²) < 4.78 is 0. The number of hydrogen-bond donors (Lipinski definition) is 2. The van der Waals surface area contributed by atoms with E-state index in [1.54, 1.807) is 0 Å². The summed E-state index contributed by atoms with van der Waals surface area (Å²) in [7, 11) is 1.44. The summed E-state index contributed by atoms with van der Waals surface area (Å²) in [6.45, 7) is 3.53. The Kier molecular flexibility index (Phi) is 3.15. The highest BCUT2D eigenvalue weighted by atomic mass is 16.2. The number of carbonyl (C=O) groups excluding carboxylic acids is 3. The van der Waals surface area contributed by atoms with E-state index < -0.39 is 6.04 Å². The smallest absolute Gasteiger partial charge is 0.252 e. The van der Waals surface area contributed by atoms with Gasteiger partial charge in [-0.25, -0.2) is 0 Å². The van der Waals surface area contributed by atoms with Crippen molar-refractivity contribution in [1.29, 1.82) is 0 Å². The zero-order valence-corrected chi connectivity index (χ0v) is 10.0. The zero-order chi connectivity index (χ0) is 12.6. The molecule has 2 fully saturated rings. The van der Waals surface area contributed by atoms with Crippen molar-refractivity contribution in [3.63, 3.8) is 0 Å². The lowest BCUT2D eigenvalue weighted by Crippen LogP contribution is -2.51. The van der Waals surface area contributed by atoms with E-state index in [0.29, 0.717) is 5.92 Å². The zero-order valence-electron chi connectivity index (χ0n) is 10.0. The molecule has 2 saturated heterocycles. The third-order valence-corrected chi connectivity index (χ3v) is 3.63. The van der Waals surface area contributed by atoms with Crippen LogP contribution in [0.15, 0.2) is 0 Å². The third kappa shape index (κ3) is 2.17. The van der Waals surface area contributed by atoms with E-state index in [1.807, 2.05) is 6.92 Å². The topological polar surface area (TPSA) is 78.5 Å². The Morgan fingerprint density at radius 1 is 1.47 bits per heavy atom. The molecule has 0 aromatic heterocycles. The quantitative estimate of drug-likeness (QED) is 0.601. The second kappa shape index (κ2) is 4.44. The van der Waals surface area contributed by atoms with Gasteiger partial charge in [-0.3, -0.25) is 19.3 Å². The second-order valence-electron chi connectivity index (χ2n) is 4.76. The minimum Gasteiger partial charge on any atom is -0.344 e. The summed E-state index contributed by atoms with van der Waals surface area (Å²) in [4.78, 5) is 35.8. The molecule has 0 saturated carbocycles. The van der Waals surface area contributed by atoms with Crippen LogP contribution in [0.3, 0.4) is 0 Å². The number of likely N-dealkylation sites (N-methyl/N-ethyl adjacent to an activating group) is 1. The van der Waals surface area contributed by atoms with Crippen LogP contribution in [-0.2, 0) is 14.4 Å². The number of likely N-dealkylation sites (tertiary alicyclic amines) is 1. The fraction of sp³-hybridized carbons (Fsp3) is 0.727. The van der Waals surface area contributed by atoms with Crippen molar-refractivity contribution >= 4 is 17.7 Å². The highest BCUT2D eigenvalue weighted by Crippen LogP contribution is 2.17. The van der Waals surface area contributed by atoms with E-state index in [-0.39, 0.29) is 30.1 Å². The summed E-state index contributed by atoms with van der Waals surface area (Å²) in [5.41, 5.74) is 0. The van der Waals surface area contributed by atoms with Gasteiger partial charge in [0.05, 0.1) is 6.42 Å². The molecule has 3 amide bonds. The molecule has 2 aliphatic heterocycles. The number of hydrogen-bond acceptors (Lipinski definition) is 4. The molecule has 17 heavy (non-hydrogen) atoms. The van der Waals surface area contributed by atoms with Crippen LogP contribution in [0.25, 0.3) is 0 Å². The monoisotopic (exact) mass is 239 g/mol. The van der Waals surface area contributed by atoms with Gasteiger partial charge in [-0.2, -0.15) is 0 Å². The second-order valence-corrected chi connectivity index (χ2v) is 4.76. The van der Waals surface area contributed by atoms with Crippen molar-refractivity contribution in [3.05, 3.63) is 0 Å². The van der Waals surface area contributed by atoms with Gasteiger partial charge < -0.3 is 10.6 Å². The van der Waals surface area contributed by atoms with Crippen molar-refractivity contribution in [2.24, 2.45) is 11.8 Å². The highest BCUT2D eigenvalue weighted by molar-refractivity contribution is 6.06. The number of carbonyl (C=O) groups is 3. The summed E-state index contributed by atoms with van der Waals surface area (Å²) >= 11 is 0. The fourth-order valence-corrected chi connectivity index (χ4v) is 2.05. The summed E-state index contributed by atoms with van der Waals surface area (Å²) in [6.07, 6.45) is 0.0801. The van der Waals surface area contributed by atoms with Crippen LogP contribution in [0, 0.1) is 11.8 Å². The molecule has 2 rings (SSSR count). The molecule has 0 aromatic rings. The molecule has 2 N–H and O–H groups in total. The van der Waals surface area contributed by atoms with Gasteiger partial charge in [0.25, 0.3) is 5.91 Å². The molecule has 0 bridgehead atoms. The predicted octanol–water partition coefficient (Wildman–Crippen LogP) is -1.28. The van der Waals surface area contributed by atoms with Crippen molar-refractivity contribution in [2.45, 2.75) is 19.4 Å². The minimum absolute atomic E-state index is 0.0801. The Labute approximate surface area is 99.7 Å². The molecule has 2 aliphatic rings. The average molecular weight is 239 g/mol. The van der Waals surface area contributed by atoms with Gasteiger partial charge in [0.15, 0.2) is 0 Å². The number of nitrogens with zero attached hydrogens (tertiary/aromatic N) is 1. The van der Waals surface area contributed by atoms with E-state index in [9.17, 15) is 14.4 Å². The first-order chi connectivity index (χ1) is 8.00. The van der Waals surface area contributed by atoms with E-state index in [2.05, 4.69) is 10.6 Å². The number of rotatable bonds is 3. The number of nitrogens with one attached hydrogen (secondary N) is 2. The van der Waals surface area contributed by atoms with Gasteiger partial charge >= 0.3 is 0 Å². The summed E-state index contributed by atoms with van der Waals surface area (Å²) in [6, 6.07) is -0.671. The van der Waals surface area contributed by atoms with Crippen LogP contribution in [0.4, 0.5) is 0 Å². The Balaban J connectivity index is 1.90. The largest absolute Gasteiger partial charge is 0.344 e. The molecule has 2 heterocycles. The predicted molar refractivity (Wildman–Crippen MR) is 59.8 cm³/mol. The molecule has 2 unspecified atom stereocenters. The normalized spacial score (nSPS) is 26.9. The van der Waals surface area contributed by atoms with Crippen LogP contribution < -0.4 is 10.6 Å². The van der Waals surface area contributed by atoms with Crippen molar-refractivity contribution < 1.29 is 14.4 Å². The summed E-state index contributed by atoms with van der Waals surface area (Å²) in [5, 5.41) is 5.76. The van der Waals surface area contributed by atoms with Gasteiger partial charge in [0, 0.05) is 13.0 Å². The maximum atomic E-state index is 11.9. The Morgan fingerprint density at radius 2 is 2.12 bits per heavy atom. The first-order valence-corrected chi connectivity index (χ1v) is 5.82. The third-order valence-electron chi connectivity index (χ3n) is 3.63. The lowest BCUT2D eigenvalue weighted by Gasteiger charge is -2.32. The molecule has 6 nitrogen and oxygen atoms in total. The van der Waals surface area contributed by atoms with Crippen molar-refractivity contribution in [3.8, 4) is 0 Å². The lowest BCUT2D eigenvalue weighted by atomic mass is 9.88. The molecule has 0 aliphatic carbocycles. The Hall–Kier alpha value is -1.43. The van der Waals surface area contributed by atoms with Crippen LogP contribution in [0.5, 0.6) is 0 Å². The van der Waals surface area contributed by atoms with Crippen LogP contribution >= 0.6 is 0 Å². The molecule has 0 spiro atoms. The molecule has 0 radical (unpaired) electrons. The molecule has 6 heteroatoms. The van der Waals surface area contributed by atoms with E-state index in [1.165, 1.54) is 7.05 Å². The van der Waals surface area contributed by atoms with Gasteiger partial charge in [-0.15, -0.1) is 0 Å². The molecular weight excluding hydrogens is 222 g/mol. The highest BCUT2D eigenvalue weighted by Gasteiger charge is 2.38. The van der Waals surface area contributed by atoms with Crippen molar-refractivity contribution in [2.75, 3.05) is 20.1 Å². The van der Waals surface area contributed by atoms with E-state index in [4.69, 9.17) is 0 Å². The number of imide groups is 1. The van der Waals surface area contributed by atoms with Gasteiger partial charge in [0.1, 0.15) is 6.04 Å². The SMILES string of the molecule is CC(C(=O)NC1CC(=O)N(C)C1=O)C1CNC1. The maximum absolute atomic E-state index is 11.9. The lowest BCUT2D eigenvalue weighted by molar-refractivity contribution is -0.138.